The molecule has 8 aromatic carbocycles. The quantitative estimate of drug-likeness (QED) is 0.196. The Labute approximate surface area is 308 Å². The first-order valence-corrected chi connectivity index (χ1v) is 18.9. The van der Waals surface area contributed by atoms with Gasteiger partial charge in [0.25, 0.3) is 0 Å². The van der Waals surface area contributed by atoms with Gasteiger partial charge in [0, 0.05) is 64.2 Å². The lowest BCUT2D eigenvalue weighted by Crippen LogP contribution is -2.24. The Bertz CT molecular complexity index is 3310. The molecular weight excluding hydrogens is 665 g/mol. The maximum atomic E-state index is 5.57. The summed E-state index contributed by atoms with van der Waals surface area (Å²) in [6, 6.07) is 61.5. The zero-order chi connectivity index (χ0) is 34.6. The number of nitrogens with one attached hydrogen (secondary N) is 1. The number of para-hydroxylation sites is 3. The van der Waals surface area contributed by atoms with Crippen LogP contribution in [0.3, 0.4) is 0 Å². The molecule has 0 spiro atoms. The molecule has 12 rings (SSSR count). The third kappa shape index (κ3) is 4.08. The number of rotatable bonds is 3. The molecule has 3 aromatic heterocycles. The van der Waals surface area contributed by atoms with Crippen molar-refractivity contribution in [1.82, 2.24) is 9.13 Å². The molecule has 0 fully saturated rings. The van der Waals surface area contributed by atoms with Crippen molar-refractivity contribution in [2.75, 3.05) is 5.32 Å². The average Bonchev–Trinajstić information content (AvgIpc) is 3.87. The highest BCUT2D eigenvalue weighted by Crippen LogP contribution is 2.47. The summed E-state index contributed by atoms with van der Waals surface area (Å²) < 4.78 is 7.48. The SMILES string of the molecule is c1ccc(C2=NC(n3c4cc5c(cc4c4c6sc7ccc8ccccc8c7c6ccc43)c3ccccc3n5-c3ccccc3)Nc3ccccc32)cc1. The molecule has 5 heteroatoms. The molecule has 1 aliphatic heterocycles. The largest absolute Gasteiger partial charge is 0.346 e. The van der Waals surface area contributed by atoms with Crippen LogP contribution in [0.5, 0.6) is 0 Å². The second-order valence-electron chi connectivity index (χ2n) is 14.0. The molecule has 1 unspecified atom stereocenters. The lowest BCUT2D eigenvalue weighted by molar-refractivity contribution is 0.625. The van der Waals surface area contributed by atoms with E-state index in [1.165, 1.54) is 69.0 Å². The van der Waals surface area contributed by atoms with Crippen molar-refractivity contribution in [3.8, 4) is 5.69 Å². The molecule has 4 nitrogen and oxygen atoms in total. The number of aromatic nitrogens is 2. The zero-order valence-electron chi connectivity index (χ0n) is 28.5. The monoisotopic (exact) mass is 694 g/mol. The molecule has 1 N–H and O–H groups in total. The second kappa shape index (κ2) is 10.9. The molecule has 0 radical (unpaired) electrons. The van der Waals surface area contributed by atoms with Crippen molar-refractivity contribution < 1.29 is 0 Å². The van der Waals surface area contributed by atoms with Gasteiger partial charge in [-0.15, -0.1) is 11.3 Å². The summed E-state index contributed by atoms with van der Waals surface area (Å²) in [7, 11) is 0. The molecule has 1 aliphatic rings. The Hall–Kier alpha value is -6.69. The standard InChI is InChI=1S/C48H30N4S/c1-3-14-30(15-4-1)46-34-20-9-11-21-38(34)49-48(50-46)52-40-25-24-35-44-32-18-8-7-13-29(32)23-26-43(44)53-47(35)45(40)37-27-36-33-19-10-12-22-39(33)51(41(36)28-42(37)52)31-16-5-2-6-17-31/h1-28,48-49H. The van der Waals surface area contributed by atoms with Crippen molar-refractivity contribution >= 4 is 97.3 Å². The lowest BCUT2D eigenvalue weighted by atomic mass is 9.99. The molecule has 53 heavy (non-hydrogen) atoms. The summed E-state index contributed by atoms with van der Waals surface area (Å²) >= 11 is 1.90. The number of anilines is 1. The molecule has 0 saturated carbocycles. The van der Waals surface area contributed by atoms with Crippen molar-refractivity contribution in [2.45, 2.75) is 6.29 Å². The van der Waals surface area contributed by atoms with Crippen molar-refractivity contribution in [2.24, 2.45) is 4.99 Å². The average molecular weight is 695 g/mol. The highest BCUT2D eigenvalue weighted by Gasteiger charge is 2.28. The molecule has 4 heterocycles. The summed E-state index contributed by atoms with van der Waals surface area (Å²) in [5.41, 5.74) is 10.1. The first-order valence-electron chi connectivity index (χ1n) is 18.1. The van der Waals surface area contributed by atoms with Gasteiger partial charge in [0.15, 0.2) is 0 Å². The van der Waals surface area contributed by atoms with Gasteiger partial charge in [0.2, 0.25) is 6.29 Å². The van der Waals surface area contributed by atoms with Crippen LogP contribution in [-0.4, -0.2) is 14.8 Å². The van der Waals surface area contributed by atoms with E-state index in [4.69, 9.17) is 4.99 Å². The fraction of sp³-hybridized carbons (Fsp3) is 0.0208. The predicted molar refractivity (Wildman–Crippen MR) is 225 cm³/mol. The molecule has 248 valence electrons. The van der Waals surface area contributed by atoms with Gasteiger partial charge in [0.05, 0.1) is 27.8 Å². The van der Waals surface area contributed by atoms with Crippen LogP contribution in [-0.2, 0) is 0 Å². The minimum absolute atomic E-state index is 0.375. The predicted octanol–water partition coefficient (Wildman–Crippen LogP) is 12.8. The minimum atomic E-state index is -0.375. The van der Waals surface area contributed by atoms with Crippen LogP contribution < -0.4 is 5.32 Å². The van der Waals surface area contributed by atoms with E-state index in [0.29, 0.717) is 0 Å². The number of hydrogen-bond acceptors (Lipinski definition) is 3. The van der Waals surface area contributed by atoms with E-state index in [0.717, 1.165) is 33.7 Å². The molecule has 0 aliphatic carbocycles. The van der Waals surface area contributed by atoms with E-state index < -0.39 is 0 Å². The summed E-state index contributed by atoms with van der Waals surface area (Å²) in [5.74, 6) is 0. The summed E-state index contributed by atoms with van der Waals surface area (Å²) in [5, 5.41) is 14.1. The van der Waals surface area contributed by atoms with E-state index >= 15 is 0 Å². The number of fused-ring (bicyclic) bond motifs is 13. The van der Waals surface area contributed by atoms with E-state index in [-0.39, 0.29) is 6.29 Å². The van der Waals surface area contributed by atoms with Crippen LogP contribution in [0.2, 0.25) is 0 Å². The first kappa shape index (κ1) is 28.9. The highest BCUT2D eigenvalue weighted by molar-refractivity contribution is 7.27. The van der Waals surface area contributed by atoms with Crippen molar-refractivity contribution in [3.05, 3.63) is 181 Å². The van der Waals surface area contributed by atoms with Gasteiger partial charge in [-0.1, -0.05) is 121 Å². The molecule has 0 bridgehead atoms. The van der Waals surface area contributed by atoms with Gasteiger partial charge in [-0.3, -0.25) is 0 Å². The van der Waals surface area contributed by atoms with Crippen LogP contribution in [0.1, 0.15) is 17.4 Å². The van der Waals surface area contributed by atoms with Gasteiger partial charge in [-0.2, -0.15) is 0 Å². The third-order valence-electron chi connectivity index (χ3n) is 11.1. The third-order valence-corrected chi connectivity index (χ3v) is 12.3. The van der Waals surface area contributed by atoms with Crippen LogP contribution in [0.15, 0.2) is 175 Å². The van der Waals surface area contributed by atoms with Gasteiger partial charge in [0.1, 0.15) is 0 Å². The lowest BCUT2D eigenvalue weighted by Gasteiger charge is -2.28. The summed E-state index contributed by atoms with van der Waals surface area (Å²) in [6.07, 6.45) is -0.375. The molecule has 11 aromatic rings. The van der Waals surface area contributed by atoms with Crippen LogP contribution in [0, 0.1) is 0 Å². The smallest absolute Gasteiger partial charge is 0.201 e. The summed E-state index contributed by atoms with van der Waals surface area (Å²) in [6.45, 7) is 0. The Balaban J connectivity index is 1.25. The zero-order valence-corrected chi connectivity index (χ0v) is 29.3. The van der Waals surface area contributed by atoms with Crippen molar-refractivity contribution in [1.29, 1.82) is 0 Å². The minimum Gasteiger partial charge on any atom is -0.346 e. The number of benzene rings is 8. The van der Waals surface area contributed by atoms with Gasteiger partial charge in [-0.05, 0) is 59.3 Å². The number of thiophene rings is 1. The van der Waals surface area contributed by atoms with E-state index in [1.807, 2.05) is 11.3 Å². The number of nitrogens with zero attached hydrogens (tertiary/aromatic N) is 3. The second-order valence-corrected chi connectivity index (χ2v) is 15.0. The highest BCUT2D eigenvalue weighted by atomic mass is 32.1. The molecule has 1 atom stereocenters. The Morgan fingerprint density at radius 2 is 1.26 bits per heavy atom. The number of aliphatic imine (C=N–C) groups is 1. The summed E-state index contributed by atoms with van der Waals surface area (Å²) in [4.78, 5) is 5.57. The Morgan fingerprint density at radius 3 is 2.15 bits per heavy atom. The Kier molecular flexibility index (Phi) is 5.96. The van der Waals surface area contributed by atoms with Crippen LogP contribution in [0.25, 0.3) is 80.2 Å². The normalized spacial score (nSPS) is 14.5. The topological polar surface area (TPSA) is 34.2 Å². The van der Waals surface area contributed by atoms with Crippen molar-refractivity contribution in [3.63, 3.8) is 0 Å². The van der Waals surface area contributed by atoms with E-state index in [1.54, 1.807) is 0 Å². The Morgan fingerprint density at radius 1 is 0.509 bits per heavy atom. The van der Waals surface area contributed by atoms with E-state index in [2.05, 4.69) is 184 Å². The fourth-order valence-corrected chi connectivity index (χ4v) is 10.1. The van der Waals surface area contributed by atoms with E-state index in [9.17, 15) is 0 Å². The maximum Gasteiger partial charge on any atom is 0.201 e. The van der Waals surface area contributed by atoms with Gasteiger partial charge in [-0.25, -0.2) is 4.99 Å². The van der Waals surface area contributed by atoms with Crippen LogP contribution >= 0.6 is 11.3 Å². The number of hydrogen-bond donors (Lipinski definition) is 1. The first-order chi connectivity index (χ1) is 26.3. The van der Waals surface area contributed by atoms with Gasteiger partial charge >= 0.3 is 0 Å². The molecule has 0 saturated heterocycles. The maximum absolute atomic E-state index is 5.57. The van der Waals surface area contributed by atoms with Crippen LogP contribution in [0.4, 0.5) is 5.69 Å². The molecular formula is C48H30N4S. The van der Waals surface area contributed by atoms with Gasteiger partial charge < -0.3 is 14.5 Å². The fourth-order valence-electron chi connectivity index (χ4n) is 8.84. The molecule has 0 amide bonds.